The van der Waals surface area contributed by atoms with Crippen LogP contribution in [0.3, 0.4) is 0 Å². The van der Waals surface area contributed by atoms with E-state index in [4.69, 9.17) is 0 Å². The first-order valence-corrected chi connectivity index (χ1v) is 4.70. The van der Waals surface area contributed by atoms with Gasteiger partial charge in [0.1, 0.15) is 0 Å². The second-order valence-electron chi connectivity index (χ2n) is 2.66. The number of carbonyl (C=O) groups excluding carboxylic acids is 1. The van der Waals surface area contributed by atoms with Crippen molar-refractivity contribution in [2.24, 2.45) is 0 Å². The molecule has 0 amide bonds. The van der Waals surface area contributed by atoms with Gasteiger partial charge in [-0.3, -0.25) is 9.78 Å². The van der Waals surface area contributed by atoms with Crippen LogP contribution < -0.4 is 0 Å². The van der Waals surface area contributed by atoms with E-state index >= 15 is 0 Å². The molecule has 0 aliphatic rings. The van der Waals surface area contributed by atoms with Crippen molar-refractivity contribution < 1.29 is 4.79 Å². The van der Waals surface area contributed by atoms with Crippen LogP contribution in [0.1, 0.15) is 10.4 Å². The topological polar surface area (TPSA) is 47.8 Å². The Morgan fingerprint density at radius 2 is 2.29 bits per heavy atom. The summed E-state index contributed by atoms with van der Waals surface area (Å²) >= 11 is 3.28. The van der Waals surface area contributed by atoms with Crippen molar-refractivity contribution >= 4 is 22.2 Å². The summed E-state index contributed by atoms with van der Waals surface area (Å²) in [6.07, 6.45) is 7.38. The van der Waals surface area contributed by atoms with Crippen LogP contribution in [-0.2, 0) is 0 Å². The highest BCUT2D eigenvalue weighted by molar-refractivity contribution is 9.10. The molecule has 14 heavy (non-hydrogen) atoms. The number of aldehydes is 1. The molecule has 0 N–H and O–H groups in total. The first-order chi connectivity index (χ1) is 6.81. The Hall–Kier alpha value is -1.49. The molecule has 0 spiro atoms. The quantitative estimate of drug-likeness (QED) is 0.766. The molecule has 0 atom stereocenters. The zero-order valence-electron chi connectivity index (χ0n) is 7.09. The Labute approximate surface area is 88.7 Å². The third-order valence-corrected chi connectivity index (χ3v) is 2.17. The van der Waals surface area contributed by atoms with Gasteiger partial charge in [-0.25, -0.2) is 4.68 Å². The van der Waals surface area contributed by atoms with Gasteiger partial charge in [-0.1, -0.05) is 0 Å². The number of rotatable bonds is 2. The summed E-state index contributed by atoms with van der Waals surface area (Å²) in [5.74, 6) is 0. The van der Waals surface area contributed by atoms with Gasteiger partial charge >= 0.3 is 0 Å². The van der Waals surface area contributed by atoms with Gasteiger partial charge in [-0.15, -0.1) is 0 Å². The molecule has 0 saturated carbocycles. The molecule has 2 aromatic rings. The predicted molar refractivity (Wildman–Crippen MR) is 54.4 cm³/mol. The number of hydrogen-bond donors (Lipinski definition) is 0. The minimum atomic E-state index is 0.565. The van der Waals surface area contributed by atoms with Crippen LogP contribution in [0.2, 0.25) is 0 Å². The largest absolute Gasteiger partial charge is 0.298 e. The van der Waals surface area contributed by atoms with Gasteiger partial charge in [0.05, 0.1) is 22.6 Å². The number of halogens is 1. The van der Waals surface area contributed by atoms with Crippen molar-refractivity contribution in [1.82, 2.24) is 14.8 Å². The van der Waals surface area contributed by atoms with Gasteiger partial charge in [-0.2, -0.15) is 5.10 Å². The first kappa shape index (κ1) is 9.08. The number of carbonyl (C=O) groups is 1. The Morgan fingerprint density at radius 3 is 2.93 bits per heavy atom. The van der Waals surface area contributed by atoms with E-state index in [2.05, 4.69) is 26.0 Å². The summed E-state index contributed by atoms with van der Waals surface area (Å²) in [6, 6.07) is 1.65. The van der Waals surface area contributed by atoms with Gasteiger partial charge in [0.2, 0.25) is 0 Å². The first-order valence-electron chi connectivity index (χ1n) is 3.91. The van der Waals surface area contributed by atoms with Crippen LogP contribution in [0.5, 0.6) is 0 Å². The molecular weight excluding hydrogens is 246 g/mol. The highest BCUT2D eigenvalue weighted by Gasteiger charge is 2.04. The summed E-state index contributed by atoms with van der Waals surface area (Å²) < 4.78 is 2.46. The van der Waals surface area contributed by atoms with Gasteiger partial charge in [0, 0.05) is 18.0 Å². The van der Waals surface area contributed by atoms with Crippen molar-refractivity contribution in [1.29, 1.82) is 0 Å². The fraction of sp³-hybridized carbons (Fsp3) is 0. The Morgan fingerprint density at radius 1 is 1.43 bits per heavy atom. The van der Waals surface area contributed by atoms with Crippen LogP contribution in [0.15, 0.2) is 35.3 Å². The molecule has 4 nitrogen and oxygen atoms in total. The lowest BCUT2D eigenvalue weighted by atomic mass is 10.2. The molecule has 0 unspecified atom stereocenters. The van der Waals surface area contributed by atoms with Gasteiger partial charge < -0.3 is 0 Å². The van der Waals surface area contributed by atoms with Crippen LogP contribution in [-0.4, -0.2) is 21.1 Å². The fourth-order valence-corrected chi connectivity index (χ4v) is 1.41. The third kappa shape index (κ3) is 1.58. The lowest BCUT2D eigenvalue weighted by molar-refractivity contribution is 0.112. The standard InChI is InChI=1S/C9H6BrN3O/c10-8-3-12-13(5-8)9-4-11-2-1-7(9)6-14/h1-6H. The molecule has 2 heterocycles. The fourth-order valence-electron chi connectivity index (χ4n) is 1.12. The Bertz CT molecular complexity index is 467. The summed E-state index contributed by atoms with van der Waals surface area (Å²) in [7, 11) is 0. The number of aromatic nitrogens is 3. The van der Waals surface area contributed by atoms with E-state index in [0.29, 0.717) is 11.3 Å². The highest BCUT2D eigenvalue weighted by Crippen LogP contribution is 2.13. The van der Waals surface area contributed by atoms with E-state index in [9.17, 15) is 4.79 Å². The second-order valence-corrected chi connectivity index (χ2v) is 3.57. The van der Waals surface area contributed by atoms with Gasteiger partial charge in [0.25, 0.3) is 0 Å². The monoisotopic (exact) mass is 251 g/mol. The lowest BCUT2D eigenvalue weighted by Gasteiger charge is -2.02. The molecule has 0 fully saturated rings. The number of nitrogens with zero attached hydrogens (tertiary/aromatic N) is 3. The van der Waals surface area contributed by atoms with Gasteiger partial charge in [0.15, 0.2) is 6.29 Å². The van der Waals surface area contributed by atoms with Crippen molar-refractivity contribution in [2.75, 3.05) is 0 Å². The van der Waals surface area contributed by atoms with Crippen LogP contribution in [0.4, 0.5) is 0 Å². The van der Waals surface area contributed by atoms with E-state index in [0.717, 1.165) is 10.8 Å². The van der Waals surface area contributed by atoms with E-state index in [1.165, 1.54) is 0 Å². The van der Waals surface area contributed by atoms with E-state index in [-0.39, 0.29) is 0 Å². The predicted octanol–water partition coefficient (Wildman–Crippen LogP) is 1.84. The summed E-state index contributed by atoms with van der Waals surface area (Å²) in [5, 5.41) is 4.07. The maximum absolute atomic E-state index is 10.7. The number of hydrogen-bond acceptors (Lipinski definition) is 3. The zero-order chi connectivity index (χ0) is 9.97. The summed E-state index contributed by atoms with van der Waals surface area (Å²) in [4.78, 5) is 14.7. The van der Waals surface area contributed by atoms with E-state index in [1.807, 2.05) is 0 Å². The average molecular weight is 252 g/mol. The summed E-state index contributed by atoms with van der Waals surface area (Å²) in [6.45, 7) is 0. The highest BCUT2D eigenvalue weighted by atomic mass is 79.9. The summed E-state index contributed by atoms with van der Waals surface area (Å²) in [5.41, 5.74) is 1.24. The van der Waals surface area contributed by atoms with Crippen LogP contribution >= 0.6 is 15.9 Å². The maximum atomic E-state index is 10.7. The lowest BCUT2D eigenvalue weighted by Crippen LogP contribution is -1.99. The van der Waals surface area contributed by atoms with Crippen molar-refractivity contribution in [3.05, 3.63) is 40.9 Å². The molecule has 0 bridgehead atoms. The number of pyridine rings is 1. The van der Waals surface area contributed by atoms with E-state index < -0.39 is 0 Å². The van der Waals surface area contributed by atoms with Crippen LogP contribution in [0, 0.1) is 0 Å². The molecule has 2 rings (SSSR count). The maximum Gasteiger partial charge on any atom is 0.152 e. The van der Waals surface area contributed by atoms with E-state index in [1.54, 1.807) is 35.5 Å². The molecular formula is C9H6BrN3O. The Kier molecular flexibility index (Phi) is 2.41. The smallest absolute Gasteiger partial charge is 0.152 e. The van der Waals surface area contributed by atoms with Crippen LogP contribution in [0.25, 0.3) is 5.69 Å². The molecule has 0 radical (unpaired) electrons. The third-order valence-electron chi connectivity index (χ3n) is 1.76. The van der Waals surface area contributed by atoms with Crippen molar-refractivity contribution in [3.8, 4) is 5.69 Å². The molecule has 5 heteroatoms. The van der Waals surface area contributed by atoms with Gasteiger partial charge in [-0.05, 0) is 22.0 Å². The molecule has 0 saturated heterocycles. The van der Waals surface area contributed by atoms with Crippen molar-refractivity contribution in [3.63, 3.8) is 0 Å². The zero-order valence-corrected chi connectivity index (χ0v) is 8.68. The SMILES string of the molecule is O=Cc1ccncc1-n1cc(Br)cn1. The molecule has 0 aliphatic carbocycles. The molecule has 2 aromatic heterocycles. The minimum absolute atomic E-state index is 0.565. The Balaban J connectivity index is 2.55. The van der Waals surface area contributed by atoms with Crippen molar-refractivity contribution in [2.45, 2.75) is 0 Å². The normalized spacial score (nSPS) is 10.1. The molecule has 0 aromatic carbocycles. The second kappa shape index (κ2) is 3.71. The minimum Gasteiger partial charge on any atom is -0.298 e. The average Bonchev–Trinajstić information content (AvgIpc) is 2.65. The molecule has 0 aliphatic heterocycles. The molecule has 70 valence electrons.